The van der Waals surface area contributed by atoms with Crippen LogP contribution in [0.2, 0.25) is 0 Å². The van der Waals surface area contributed by atoms with Crippen LogP contribution >= 0.6 is 0 Å². The van der Waals surface area contributed by atoms with Crippen molar-refractivity contribution in [3.63, 3.8) is 0 Å². The molecule has 14 heavy (non-hydrogen) atoms. The van der Waals surface area contributed by atoms with Crippen LogP contribution in [-0.4, -0.2) is 0 Å². The molecular weight excluding hydrogens is 168 g/mol. The third kappa shape index (κ3) is 2.73. The number of benzene rings is 1. The van der Waals surface area contributed by atoms with Crippen molar-refractivity contribution in [1.82, 2.24) is 0 Å². The maximum absolute atomic E-state index is 4.09. The predicted octanol–water partition coefficient (Wildman–Crippen LogP) is 4.62. The first kappa shape index (κ1) is 11.0. The van der Waals surface area contributed by atoms with Gasteiger partial charge in [-0.3, -0.25) is 0 Å². The van der Waals surface area contributed by atoms with E-state index in [9.17, 15) is 0 Å². The van der Waals surface area contributed by atoms with Gasteiger partial charge in [-0.1, -0.05) is 58.0 Å². The first-order chi connectivity index (χ1) is 6.65. The molecule has 0 nitrogen and oxygen atoms in total. The molecule has 0 aliphatic heterocycles. The van der Waals surface area contributed by atoms with Gasteiger partial charge in [0.2, 0.25) is 0 Å². The standard InChI is InChI=1S/C14H20/c1-5-6-12(4)14-9-7-13(8-10-14)11(2)3/h7-11H,4-6H2,1-3H3. The predicted molar refractivity (Wildman–Crippen MR) is 64.5 cm³/mol. The summed E-state index contributed by atoms with van der Waals surface area (Å²) in [5, 5.41) is 0. The zero-order valence-electron chi connectivity index (χ0n) is 9.51. The molecule has 0 saturated carbocycles. The van der Waals surface area contributed by atoms with Crippen LogP contribution in [-0.2, 0) is 0 Å². The van der Waals surface area contributed by atoms with Crippen molar-refractivity contribution in [2.24, 2.45) is 0 Å². The van der Waals surface area contributed by atoms with Gasteiger partial charge in [0.25, 0.3) is 0 Å². The molecule has 0 heteroatoms. The van der Waals surface area contributed by atoms with E-state index in [0.717, 1.165) is 6.42 Å². The van der Waals surface area contributed by atoms with Gasteiger partial charge < -0.3 is 0 Å². The molecule has 0 fully saturated rings. The minimum atomic E-state index is 0.614. The van der Waals surface area contributed by atoms with Crippen LogP contribution in [0.1, 0.15) is 50.7 Å². The minimum Gasteiger partial charge on any atom is -0.0952 e. The van der Waals surface area contributed by atoms with E-state index in [0.29, 0.717) is 5.92 Å². The van der Waals surface area contributed by atoms with Gasteiger partial charge in [0.1, 0.15) is 0 Å². The summed E-state index contributed by atoms with van der Waals surface area (Å²) in [6, 6.07) is 8.79. The molecule has 76 valence electrons. The van der Waals surface area contributed by atoms with E-state index in [1.807, 2.05) is 0 Å². The zero-order valence-corrected chi connectivity index (χ0v) is 9.51. The lowest BCUT2D eigenvalue weighted by Crippen LogP contribution is -1.88. The van der Waals surface area contributed by atoms with Crippen molar-refractivity contribution in [1.29, 1.82) is 0 Å². The monoisotopic (exact) mass is 188 g/mol. The average Bonchev–Trinajstić information content (AvgIpc) is 2.18. The number of rotatable bonds is 4. The van der Waals surface area contributed by atoms with Crippen LogP contribution in [0.25, 0.3) is 5.57 Å². The maximum Gasteiger partial charge on any atom is -0.0219 e. The Labute approximate surface area is 87.7 Å². The van der Waals surface area contributed by atoms with Crippen LogP contribution in [0.4, 0.5) is 0 Å². The molecule has 0 aliphatic carbocycles. The van der Waals surface area contributed by atoms with Crippen LogP contribution in [0.5, 0.6) is 0 Å². The molecule has 0 spiro atoms. The number of hydrogen-bond donors (Lipinski definition) is 0. The Bertz CT molecular complexity index is 290. The van der Waals surface area contributed by atoms with Gasteiger partial charge in [0.05, 0.1) is 0 Å². The summed E-state index contributed by atoms with van der Waals surface area (Å²) < 4.78 is 0. The summed E-state index contributed by atoms with van der Waals surface area (Å²) in [5.74, 6) is 0.614. The smallest absolute Gasteiger partial charge is 0.0219 e. The summed E-state index contributed by atoms with van der Waals surface area (Å²) in [6.07, 6.45) is 2.27. The lowest BCUT2D eigenvalue weighted by molar-refractivity contribution is 0.866. The Kier molecular flexibility index (Phi) is 3.94. The quantitative estimate of drug-likeness (QED) is 0.646. The van der Waals surface area contributed by atoms with E-state index < -0.39 is 0 Å². The molecule has 0 aliphatic rings. The van der Waals surface area contributed by atoms with Gasteiger partial charge in [0.15, 0.2) is 0 Å². The molecule has 0 amide bonds. The minimum absolute atomic E-state index is 0.614. The van der Waals surface area contributed by atoms with Crippen LogP contribution < -0.4 is 0 Å². The van der Waals surface area contributed by atoms with Gasteiger partial charge in [-0.2, -0.15) is 0 Å². The second-order valence-electron chi connectivity index (χ2n) is 4.13. The number of hydrogen-bond acceptors (Lipinski definition) is 0. The summed E-state index contributed by atoms with van der Waals surface area (Å²) in [6.45, 7) is 10.7. The van der Waals surface area contributed by atoms with Crippen molar-refractivity contribution in [2.75, 3.05) is 0 Å². The highest BCUT2D eigenvalue weighted by Crippen LogP contribution is 2.21. The molecule has 1 aromatic rings. The van der Waals surface area contributed by atoms with Crippen molar-refractivity contribution in [2.45, 2.75) is 39.5 Å². The van der Waals surface area contributed by atoms with Crippen LogP contribution in [0.15, 0.2) is 30.8 Å². The SMILES string of the molecule is C=C(CCC)c1ccc(C(C)C)cc1. The molecule has 0 N–H and O–H groups in total. The molecular formula is C14H20. The van der Waals surface area contributed by atoms with Crippen molar-refractivity contribution in [3.8, 4) is 0 Å². The van der Waals surface area contributed by atoms with Gasteiger partial charge in [-0.15, -0.1) is 0 Å². The Hall–Kier alpha value is -1.04. The Morgan fingerprint density at radius 3 is 2.21 bits per heavy atom. The van der Waals surface area contributed by atoms with E-state index >= 15 is 0 Å². The number of allylic oxidation sites excluding steroid dienone is 1. The van der Waals surface area contributed by atoms with E-state index in [2.05, 4.69) is 51.6 Å². The molecule has 0 radical (unpaired) electrons. The summed E-state index contributed by atoms with van der Waals surface area (Å²) >= 11 is 0. The Balaban J connectivity index is 2.78. The van der Waals surface area contributed by atoms with Crippen LogP contribution in [0, 0.1) is 0 Å². The molecule has 0 aromatic heterocycles. The van der Waals surface area contributed by atoms with Crippen LogP contribution in [0.3, 0.4) is 0 Å². The van der Waals surface area contributed by atoms with Gasteiger partial charge in [0, 0.05) is 0 Å². The highest BCUT2D eigenvalue weighted by Gasteiger charge is 2.00. The molecule has 0 unspecified atom stereocenters. The van der Waals surface area contributed by atoms with Crippen molar-refractivity contribution >= 4 is 5.57 Å². The summed E-state index contributed by atoms with van der Waals surface area (Å²) in [4.78, 5) is 0. The lowest BCUT2D eigenvalue weighted by Gasteiger charge is -2.08. The van der Waals surface area contributed by atoms with Crippen molar-refractivity contribution in [3.05, 3.63) is 42.0 Å². The lowest BCUT2D eigenvalue weighted by atomic mass is 9.98. The first-order valence-electron chi connectivity index (χ1n) is 5.43. The fourth-order valence-corrected chi connectivity index (χ4v) is 1.55. The Morgan fingerprint density at radius 2 is 1.79 bits per heavy atom. The normalized spacial score (nSPS) is 10.6. The molecule has 0 atom stereocenters. The average molecular weight is 188 g/mol. The highest BCUT2D eigenvalue weighted by atomic mass is 14.1. The topological polar surface area (TPSA) is 0 Å². The van der Waals surface area contributed by atoms with E-state index in [-0.39, 0.29) is 0 Å². The first-order valence-corrected chi connectivity index (χ1v) is 5.43. The maximum atomic E-state index is 4.09. The second-order valence-corrected chi connectivity index (χ2v) is 4.13. The highest BCUT2D eigenvalue weighted by molar-refractivity contribution is 5.63. The van der Waals surface area contributed by atoms with E-state index in [1.54, 1.807) is 0 Å². The third-order valence-corrected chi connectivity index (χ3v) is 2.54. The third-order valence-electron chi connectivity index (χ3n) is 2.54. The summed E-state index contributed by atoms with van der Waals surface area (Å²) in [7, 11) is 0. The molecule has 0 saturated heterocycles. The fourth-order valence-electron chi connectivity index (χ4n) is 1.55. The fraction of sp³-hybridized carbons (Fsp3) is 0.429. The molecule has 0 heterocycles. The van der Waals surface area contributed by atoms with Crippen molar-refractivity contribution < 1.29 is 0 Å². The Morgan fingerprint density at radius 1 is 1.21 bits per heavy atom. The second kappa shape index (κ2) is 4.99. The van der Waals surface area contributed by atoms with E-state index in [4.69, 9.17) is 0 Å². The molecule has 0 bridgehead atoms. The van der Waals surface area contributed by atoms with Gasteiger partial charge in [-0.05, 0) is 29.0 Å². The molecule has 1 aromatic carbocycles. The zero-order chi connectivity index (χ0) is 10.6. The van der Waals surface area contributed by atoms with Gasteiger partial charge in [-0.25, -0.2) is 0 Å². The largest absolute Gasteiger partial charge is 0.0952 e. The summed E-state index contributed by atoms with van der Waals surface area (Å²) in [5.41, 5.74) is 3.94. The van der Waals surface area contributed by atoms with Gasteiger partial charge >= 0.3 is 0 Å². The van der Waals surface area contributed by atoms with E-state index in [1.165, 1.54) is 23.1 Å². The molecule has 1 rings (SSSR count).